The number of carbonyl (C=O) groups is 1. The first-order valence-corrected chi connectivity index (χ1v) is 6.49. The molecule has 0 amide bonds. The molecule has 3 N–H and O–H groups in total. The summed E-state index contributed by atoms with van der Waals surface area (Å²) in [6.45, 7) is -0.305. The van der Waals surface area contributed by atoms with Gasteiger partial charge < -0.3 is 15.3 Å². The molecule has 108 valence electrons. The number of benzene rings is 2. The number of carbonyl (C=O) groups excluding carboxylic acids is 1. The third kappa shape index (κ3) is 3.78. The Bertz CT molecular complexity index is 674. The van der Waals surface area contributed by atoms with E-state index in [9.17, 15) is 15.0 Å². The number of phenolic OH excluding ortho intramolecular Hbond substituents is 1. The van der Waals surface area contributed by atoms with Crippen molar-refractivity contribution in [1.82, 2.24) is 0 Å². The molecule has 0 aliphatic rings. The molecule has 0 heterocycles. The fourth-order valence-electron chi connectivity index (χ4n) is 1.98. The van der Waals surface area contributed by atoms with Crippen LogP contribution in [0.5, 0.6) is 5.75 Å². The van der Waals surface area contributed by atoms with E-state index in [4.69, 9.17) is 5.11 Å². The molecule has 2 aromatic rings. The quantitative estimate of drug-likeness (QED) is 0.581. The van der Waals surface area contributed by atoms with Crippen molar-refractivity contribution in [3.63, 3.8) is 0 Å². The van der Waals surface area contributed by atoms with E-state index in [1.165, 1.54) is 18.2 Å². The monoisotopic (exact) mass is 284 g/mol. The molecule has 0 fully saturated rings. The average Bonchev–Trinajstić information content (AvgIpc) is 2.52. The summed E-state index contributed by atoms with van der Waals surface area (Å²) < 4.78 is 0. The number of rotatable bonds is 5. The second-order valence-electron chi connectivity index (χ2n) is 4.59. The minimum absolute atomic E-state index is 0.0455. The summed E-state index contributed by atoms with van der Waals surface area (Å²) in [6.07, 6.45) is 3.04. The molecule has 0 aliphatic heterocycles. The van der Waals surface area contributed by atoms with Crippen molar-refractivity contribution in [2.24, 2.45) is 0 Å². The van der Waals surface area contributed by atoms with E-state index >= 15 is 0 Å². The number of aliphatic hydroxyl groups excluding tert-OH is 2. The molecule has 21 heavy (non-hydrogen) atoms. The number of hydrogen-bond acceptors (Lipinski definition) is 4. The van der Waals surface area contributed by atoms with Crippen LogP contribution in [0.3, 0.4) is 0 Å². The van der Waals surface area contributed by atoms with Gasteiger partial charge in [-0.05, 0) is 41.0 Å². The molecule has 0 aromatic heterocycles. The Labute approximate surface area is 122 Å². The Morgan fingerprint density at radius 2 is 1.76 bits per heavy atom. The van der Waals surface area contributed by atoms with Gasteiger partial charge in [0.2, 0.25) is 0 Å². The van der Waals surface area contributed by atoms with E-state index in [1.54, 1.807) is 36.4 Å². The van der Waals surface area contributed by atoms with Crippen molar-refractivity contribution in [2.75, 3.05) is 0 Å². The van der Waals surface area contributed by atoms with Crippen molar-refractivity contribution in [1.29, 1.82) is 0 Å². The third-order valence-corrected chi connectivity index (χ3v) is 3.13. The first kappa shape index (κ1) is 15.0. The van der Waals surface area contributed by atoms with Crippen LogP contribution in [0.1, 0.15) is 27.0 Å². The topological polar surface area (TPSA) is 77.8 Å². The average molecular weight is 284 g/mol. The molecular formula is C17H16O4. The highest BCUT2D eigenvalue weighted by molar-refractivity contribution is 6.07. The molecule has 4 nitrogen and oxygen atoms in total. The van der Waals surface area contributed by atoms with Crippen LogP contribution in [-0.2, 0) is 13.2 Å². The molecule has 2 aromatic carbocycles. The predicted molar refractivity (Wildman–Crippen MR) is 79.8 cm³/mol. The predicted octanol–water partition coefficient (Wildman–Crippen LogP) is 2.27. The summed E-state index contributed by atoms with van der Waals surface area (Å²) in [5, 5.41) is 27.7. The van der Waals surface area contributed by atoms with Gasteiger partial charge in [-0.2, -0.15) is 0 Å². The van der Waals surface area contributed by atoms with Gasteiger partial charge in [0.25, 0.3) is 0 Å². The maximum absolute atomic E-state index is 12.0. The van der Waals surface area contributed by atoms with E-state index in [0.717, 1.165) is 5.56 Å². The minimum atomic E-state index is -0.220. The molecule has 0 aliphatic carbocycles. The van der Waals surface area contributed by atoms with Gasteiger partial charge in [-0.15, -0.1) is 0 Å². The summed E-state index contributed by atoms with van der Waals surface area (Å²) >= 11 is 0. The lowest BCUT2D eigenvalue weighted by molar-refractivity contribution is 0.104. The van der Waals surface area contributed by atoms with Crippen LogP contribution in [0, 0.1) is 0 Å². The fraction of sp³-hybridized carbons (Fsp3) is 0.118. The first-order chi connectivity index (χ1) is 10.1. The summed E-state index contributed by atoms with van der Waals surface area (Å²) in [5.41, 5.74) is 2.45. The van der Waals surface area contributed by atoms with Crippen LogP contribution in [0.2, 0.25) is 0 Å². The number of aromatic hydroxyl groups is 1. The van der Waals surface area contributed by atoms with Crippen molar-refractivity contribution in [3.05, 3.63) is 70.8 Å². The van der Waals surface area contributed by atoms with Crippen LogP contribution in [0.15, 0.2) is 48.5 Å². The number of aliphatic hydroxyl groups is 2. The lowest BCUT2D eigenvalue weighted by atomic mass is 10.0. The summed E-state index contributed by atoms with van der Waals surface area (Å²) in [7, 11) is 0. The molecule has 0 atom stereocenters. The maximum Gasteiger partial charge on any atom is 0.185 e. The van der Waals surface area contributed by atoms with Crippen molar-refractivity contribution in [3.8, 4) is 5.75 Å². The zero-order valence-electron chi connectivity index (χ0n) is 11.4. The van der Waals surface area contributed by atoms with Gasteiger partial charge in [0.1, 0.15) is 5.75 Å². The SMILES string of the molecule is O=C(C=Cc1ccc(CO)c(CO)c1)c1cccc(O)c1. The first-order valence-electron chi connectivity index (χ1n) is 6.49. The van der Waals surface area contributed by atoms with Crippen LogP contribution in [0.25, 0.3) is 6.08 Å². The third-order valence-electron chi connectivity index (χ3n) is 3.13. The number of hydrogen-bond donors (Lipinski definition) is 3. The van der Waals surface area contributed by atoms with Crippen LogP contribution in [-0.4, -0.2) is 21.1 Å². The lowest BCUT2D eigenvalue weighted by Crippen LogP contribution is -1.95. The van der Waals surface area contributed by atoms with Crippen molar-refractivity contribution < 1.29 is 20.1 Å². The van der Waals surface area contributed by atoms with Crippen molar-refractivity contribution in [2.45, 2.75) is 13.2 Å². The van der Waals surface area contributed by atoms with Crippen LogP contribution >= 0.6 is 0 Å². The highest BCUT2D eigenvalue weighted by Crippen LogP contribution is 2.15. The highest BCUT2D eigenvalue weighted by atomic mass is 16.3. The molecule has 0 saturated carbocycles. The Morgan fingerprint density at radius 1 is 1.00 bits per heavy atom. The highest BCUT2D eigenvalue weighted by Gasteiger charge is 2.04. The largest absolute Gasteiger partial charge is 0.508 e. The van der Waals surface area contributed by atoms with Gasteiger partial charge in [-0.1, -0.05) is 30.3 Å². The molecule has 0 bridgehead atoms. The summed E-state index contributed by atoms with van der Waals surface area (Å²) in [6, 6.07) is 11.3. The zero-order valence-corrected chi connectivity index (χ0v) is 11.4. The Hall–Kier alpha value is -2.43. The molecular weight excluding hydrogens is 268 g/mol. The molecule has 0 spiro atoms. The Balaban J connectivity index is 2.19. The number of phenols is 1. The molecule has 0 saturated heterocycles. The van der Waals surface area contributed by atoms with E-state index in [2.05, 4.69) is 0 Å². The smallest absolute Gasteiger partial charge is 0.185 e. The fourth-order valence-corrected chi connectivity index (χ4v) is 1.98. The summed E-state index contributed by atoms with van der Waals surface area (Å²) in [5.74, 6) is -0.174. The maximum atomic E-state index is 12.0. The lowest BCUT2D eigenvalue weighted by Gasteiger charge is -2.05. The minimum Gasteiger partial charge on any atom is -0.508 e. The van der Waals surface area contributed by atoms with Crippen LogP contribution < -0.4 is 0 Å². The zero-order chi connectivity index (χ0) is 15.2. The Kier molecular flexibility index (Phi) is 4.87. The van der Waals surface area contributed by atoms with Gasteiger partial charge in [0, 0.05) is 5.56 Å². The van der Waals surface area contributed by atoms with E-state index in [1.807, 2.05) is 0 Å². The molecule has 0 unspecified atom stereocenters. The molecule has 0 radical (unpaired) electrons. The molecule has 2 rings (SSSR count). The van der Waals surface area contributed by atoms with Crippen molar-refractivity contribution >= 4 is 11.9 Å². The van der Waals surface area contributed by atoms with E-state index in [-0.39, 0.29) is 24.7 Å². The van der Waals surface area contributed by atoms with Gasteiger partial charge in [0.05, 0.1) is 13.2 Å². The van der Waals surface area contributed by atoms with Gasteiger partial charge >= 0.3 is 0 Å². The normalized spacial score (nSPS) is 11.0. The summed E-state index contributed by atoms with van der Waals surface area (Å²) in [4.78, 5) is 12.0. The second kappa shape index (κ2) is 6.83. The molecule has 4 heteroatoms. The number of allylic oxidation sites excluding steroid dienone is 1. The van der Waals surface area contributed by atoms with Gasteiger partial charge in [0.15, 0.2) is 5.78 Å². The van der Waals surface area contributed by atoms with Gasteiger partial charge in [-0.3, -0.25) is 4.79 Å². The second-order valence-corrected chi connectivity index (χ2v) is 4.59. The van der Waals surface area contributed by atoms with Crippen LogP contribution in [0.4, 0.5) is 0 Å². The number of ketones is 1. The van der Waals surface area contributed by atoms with Gasteiger partial charge in [-0.25, -0.2) is 0 Å². The standard InChI is InChI=1S/C17H16O4/c18-10-14-6-4-12(8-15(14)11-19)5-7-17(21)13-2-1-3-16(20)9-13/h1-9,18-20H,10-11H2. The Morgan fingerprint density at radius 3 is 2.43 bits per heavy atom. The van der Waals surface area contributed by atoms with E-state index < -0.39 is 0 Å². The van der Waals surface area contributed by atoms with E-state index in [0.29, 0.717) is 16.7 Å².